The molecule has 2 fully saturated rings. The summed E-state index contributed by atoms with van der Waals surface area (Å²) in [7, 11) is -0.336. The van der Waals surface area contributed by atoms with Crippen LogP contribution in [0.5, 0.6) is 5.75 Å². The molecule has 1 aliphatic carbocycles. The predicted octanol–water partition coefficient (Wildman–Crippen LogP) is 8.35. The van der Waals surface area contributed by atoms with Gasteiger partial charge in [0.2, 0.25) is 0 Å². The molecule has 1 aromatic carbocycles. The summed E-state index contributed by atoms with van der Waals surface area (Å²) in [4.78, 5) is 0. The molecule has 0 radical (unpaired) electrons. The van der Waals surface area contributed by atoms with Gasteiger partial charge in [-0.05, 0) is 61.1 Å². The smallest absolute Gasteiger partial charge is 0.272 e. The van der Waals surface area contributed by atoms with Crippen molar-refractivity contribution in [3.05, 3.63) is 29.6 Å². The molecule has 1 saturated heterocycles. The number of unbranched alkanes of at least 4 members (excludes halogenated alkanes) is 1. The van der Waals surface area contributed by atoms with Crippen molar-refractivity contribution >= 4 is 8.80 Å². The third-order valence-electron chi connectivity index (χ3n) is 7.78. The van der Waals surface area contributed by atoms with Gasteiger partial charge in [0.05, 0.1) is 0 Å². The van der Waals surface area contributed by atoms with Crippen molar-refractivity contribution in [1.29, 1.82) is 0 Å². The quantitative estimate of drug-likeness (QED) is 0.241. The molecule has 1 heterocycles. The van der Waals surface area contributed by atoms with E-state index in [0.717, 1.165) is 30.2 Å². The largest absolute Gasteiger partial charge is 0.485 e. The molecule has 0 amide bonds. The van der Waals surface area contributed by atoms with Crippen LogP contribution in [-0.2, 0) is 0 Å². The number of alkyl halides is 2. The molecule has 5 heteroatoms. The molecule has 0 bridgehead atoms. The molecule has 2 aliphatic rings. The Hall–Kier alpha value is -0.973. The van der Waals surface area contributed by atoms with E-state index >= 15 is 0 Å². The Morgan fingerprint density at radius 1 is 0.968 bits per heavy atom. The van der Waals surface area contributed by atoms with E-state index in [1.165, 1.54) is 69.9 Å². The van der Waals surface area contributed by atoms with E-state index in [0.29, 0.717) is 5.92 Å². The van der Waals surface area contributed by atoms with Crippen LogP contribution in [0, 0.1) is 17.7 Å². The maximum atomic E-state index is 14.2. The molecule has 3 rings (SSSR count). The van der Waals surface area contributed by atoms with Crippen LogP contribution in [0.3, 0.4) is 0 Å². The molecule has 0 spiro atoms. The van der Waals surface area contributed by atoms with Crippen LogP contribution in [0.2, 0.25) is 18.1 Å². The highest BCUT2D eigenvalue weighted by atomic mass is 28.3. The number of rotatable bonds is 11. The number of ether oxygens (including phenoxy) is 1. The Bertz CT molecular complexity index is 638. The van der Waals surface area contributed by atoms with E-state index in [9.17, 15) is 13.2 Å². The zero-order chi connectivity index (χ0) is 22.1. The van der Waals surface area contributed by atoms with Gasteiger partial charge >= 0.3 is 0 Å². The summed E-state index contributed by atoms with van der Waals surface area (Å²) in [5.41, 5.74) is 0.988. The monoisotopic (exact) mass is 454 g/mol. The minimum Gasteiger partial charge on any atom is -0.485 e. The summed E-state index contributed by atoms with van der Waals surface area (Å²) in [5.74, 6) is 1.63. The lowest BCUT2D eigenvalue weighted by molar-refractivity contribution is 0.0799. The normalized spacial score (nSPS) is 26.9. The predicted molar refractivity (Wildman–Crippen MR) is 126 cm³/mol. The lowest BCUT2D eigenvalue weighted by Crippen LogP contribution is -2.21. The highest BCUT2D eigenvalue weighted by molar-refractivity contribution is 6.58. The molecule has 31 heavy (non-hydrogen) atoms. The Kier molecular flexibility index (Phi) is 10.3. The highest BCUT2D eigenvalue weighted by Gasteiger charge is 2.24. The van der Waals surface area contributed by atoms with Gasteiger partial charge < -0.3 is 4.74 Å². The van der Waals surface area contributed by atoms with Crippen molar-refractivity contribution in [3.63, 3.8) is 0 Å². The molecule has 0 unspecified atom stereocenters. The first kappa shape index (κ1) is 24.7. The maximum absolute atomic E-state index is 14.2. The Morgan fingerprint density at radius 2 is 1.61 bits per heavy atom. The second kappa shape index (κ2) is 12.9. The van der Waals surface area contributed by atoms with Crippen LogP contribution in [0.25, 0.3) is 0 Å². The first-order chi connectivity index (χ1) is 15.0. The van der Waals surface area contributed by atoms with E-state index in [4.69, 9.17) is 4.74 Å². The summed E-state index contributed by atoms with van der Waals surface area (Å²) < 4.78 is 43.5. The van der Waals surface area contributed by atoms with Gasteiger partial charge in [-0.15, -0.1) is 0 Å². The molecule has 1 nitrogen and oxygen atoms in total. The van der Waals surface area contributed by atoms with Gasteiger partial charge in [0.25, 0.3) is 6.43 Å². The van der Waals surface area contributed by atoms with E-state index in [-0.39, 0.29) is 14.5 Å². The summed E-state index contributed by atoms with van der Waals surface area (Å²) in [5, 5.41) is 0. The van der Waals surface area contributed by atoms with Gasteiger partial charge in [-0.25, -0.2) is 13.2 Å². The summed E-state index contributed by atoms with van der Waals surface area (Å²) in [6.45, 7) is 1.58. The minimum absolute atomic E-state index is 0.0704. The lowest BCUT2D eigenvalue weighted by atomic mass is 9.77. The third-order valence-corrected chi connectivity index (χ3v) is 11.5. The van der Waals surface area contributed by atoms with Crippen LogP contribution in [0.1, 0.15) is 89.0 Å². The zero-order valence-electron chi connectivity index (χ0n) is 19.3. The van der Waals surface area contributed by atoms with Gasteiger partial charge in [0.1, 0.15) is 6.61 Å². The molecule has 1 saturated carbocycles. The van der Waals surface area contributed by atoms with Crippen molar-refractivity contribution in [1.82, 2.24) is 0 Å². The lowest BCUT2D eigenvalue weighted by Gasteiger charge is -2.30. The van der Waals surface area contributed by atoms with Gasteiger partial charge in [0.15, 0.2) is 11.6 Å². The number of hydrogen-bond acceptors (Lipinski definition) is 1. The average Bonchev–Trinajstić information content (AvgIpc) is 2.77. The van der Waals surface area contributed by atoms with Gasteiger partial charge in [-0.1, -0.05) is 76.1 Å². The van der Waals surface area contributed by atoms with Crippen molar-refractivity contribution in [2.45, 2.75) is 108 Å². The molecule has 0 aromatic heterocycles. The Labute approximate surface area is 188 Å². The van der Waals surface area contributed by atoms with E-state index < -0.39 is 18.8 Å². The minimum atomic E-state index is -2.59. The van der Waals surface area contributed by atoms with Crippen LogP contribution < -0.4 is 4.74 Å². The number of hydrogen-bond donors (Lipinski definition) is 0. The first-order valence-electron chi connectivity index (χ1n) is 12.8. The average molecular weight is 455 g/mol. The van der Waals surface area contributed by atoms with Crippen molar-refractivity contribution < 1.29 is 17.9 Å². The van der Waals surface area contributed by atoms with Crippen LogP contribution in [0.15, 0.2) is 18.2 Å². The van der Waals surface area contributed by atoms with Crippen molar-refractivity contribution in [3.8, 4) is 5.75 Å². The molecule has 1 aliphatic heterocycles. The maximum Gasteiger partial charge on any atom is 0.272 e. The van der Waals surface area contributed by atoms with Gasteiger partial charge in [-0.2, -0.15) is 0 Å². The van der Waals surface area contributed by atoms with Crippen LogP contribution in [-0.4, -0.2) is 21.8 Å². The van der Waals surface area contributed by atoms with E-state index in [1.807, 2.05) is 6.07 Å². The Morgan fingerprint density at radius 3 is 2.19 bits per heavy atom. The number of benzene rings is 1. The van der Waals surface area contributed by atoms with E-state index in [2.05, 4.69) is 6.92 Å². The second-order valence-corrected chi connectivity index (χ2v) is 13.5. The second-order valence-electron chi connectivity index (χ2n) is 10.1. The van der Waals surface area contributed by atoms with Crippen LogP contribution >= 0.6 is 0 Å². The molecular formula is C26H41F3OSi. The van der Waals surface area contributed by atoms with Crippen molar-refractivity contribution in [2.75, 3.05) is 6.61 Å². The van der Waals surface area contributed by atoms with E-state index in [1.54, 1.807) is 18.1 Å². The topological polar surface area (TPSA) is 9.23 Å². The van der Waals surface area contributed by atoms with Gasteiger partial charge in [0, 0.05) is 8.80 Å². The Balaban J connectivity index is 1.31. The SMILES string of the molecule is CCC[SiH]1CCC(CCCCC2CCC(c3ccc(OCC(F)F)c(F)c3)CC2)CC1. The molecular weight excluding hydrogens is 413 g/mol. The molecule has 176 valence electrons. The highest BCUT2D eigenvalue weighted by Crippen LogP contribution is 2.39. The molecule has 1 aromatic rings. The summed E-state index contributed by atoms with van der Waals surface area (Å²) in [6, 6.07) is 9.62. The fourth-order valence-corrected chi connectivity index (χ4v) is 9.48. The zero-order valence-corrected chi connectivity index (χ0v) is 20.4. The summed E-state index contributed by atoms with van der Waals surface area (Å²) >= 11 is 0. The third kappa shape index (κ3) is 8.14. The fourth-order valence-electron chi connectivity index (χ4n) is 5.91. The number of halogens is 3. The van der Waals surface area contributed by atoms with Crippen LogP contribution in [0.4, 0.5) is 13.2 Å². The fraction of sp³-hybridized carbons (Fsp3) is 0.769. The molecule has 0 N–H and O–H groups in total. The molecule has 0 atom stereocenters. The summed E-state index contributed by atoms with van der Waals surface area (Å²) in [6.07, 6.45) is 12.1. The standard InChI is InChI=1S/C26H41F3OSi/c1-2-15-31-16-13-21(14-17-31)6-4-3-5-20-7-9-22(10-8-20)23-11-12-25(24(27)18-23)30-19-26(28)29/h11-12,18,20-22,26,31H,2-10,13-17,19H2,1H3. The van der Waals surface area contributed by atoms with Crippen molar-refractivity contribution in [2.24, 2.45) is 11.8 Å². The first-order valence-corrected chi connectivity index (χ1v) is 15.2. The van der Waals surface area contributed by atoms with Gasteiger partial charge in [-0.3, -0.25) is 0 Å².